The Labute approximate surface area is 259 Å². The summed E-state index contributed by atoms with van der Waals surface area (Å²) in [6.45, 7) is 0.484. The smallest absolute Gasteiger partial charge is 0.253 e. The largest absolute Gasteiger partial charge is 0.394 e. The lowest BCUT2D eigenvalue weighted by atomic mass is 9.83. The molecule has 0 spiro atoms. The van der Waals surface area contributed by atoms with Crippen LogP contribution in [0.5, 0.6) is 0 Å². The zero-order valence-corrected chi connectivity index (χ0v) is 25.1. The van der Waals surface area contributed by atoms with Gasteiger partial charge in [-0.1, -0.05) is 0 Å². The number of hydrogen-bond acceptors (Lipinski definition) is 18. The maximum atomic E-state index is 12.9. The van der Waals surface area contributed by atoms with Gasteiger partial charge in [0.15, 0.2) is 18.2 Å². The van der Waals surface area contributed by atoms with Crippen LogP contribution in [0.2, 0.25) is 0 Å². The normalized spacial score (nSPS) is 49.4. The fraction of sp³-hybridized carbons (Fsp3) is 0.962. The fourth-order valence-corrected chi connectivity index (χ4v) is 6.10. The number of likely N-dealkylation sites (N-methyl/N-ethyl adjacent to an activating group) is 1. The first-order chi connectivity index (χ1) is 21.0. The molecule has 0 aromatic heterocycles. The van der Waals surface area contributed by atoms with Crippen molar-refractivity contribution in [3.63, 3.8) is 0 Å². The number of carbonyl (C=O) groups is 1. The molecule has 19 nitrogen and oxygen atoms in total. The Kier molecular flexibility index (Phi) is 11.8. The molecule has 45 heavy (non-hydrogen) atoms. The maximum Gasteiger partial charge on any atom is 0.253 e. The van der Waals surface area contributed by atoms with E-state index in [2.05, 4.69) is 16.0 Å². The summed E-state index contributed by atoms with van der Waals surface area (Å²) < 4.78 is 23.2. The van der Waals surface area contributed by atoms with Crippen molar-refractivity contribution in [1.82, 2.24) is 16.0 Å². The average Bonchev–Trinajstić information content (AvgIpc) is 3.61. The first-order valence-electron chi connectivity index (χ1n) is 15.0. The van der Waals surface area contributed by atoms with Crippen molar-refractivity contribution in [3.8, 4) is 0 Å². The molecule has 19 heteroatoms. The minimum absolute atomic E-state index is 0.0148. The van der Waals surface area contributed by atoms with Gasteiger partial charge in [0, 0.05) is 31.6 Å². The van der Waals surface area contributed by atoms with Crippen LogP contribution >= 0.6 is 0 Å². The van der Waals surface area contributed by atoms with Crippen LogP contribution in [0, 0.1) is 0 Å². The van der Waals surface area contributed by atoms with Gasteiger partial charge in [-0.2, -0.15) is 0 Å². The SMILES string of the molecule is CN[C@@H]1[C@@H](O)[C@@H](O[C@@H]2[C@@H](O)[C@H](O[C@H]3O[C@H](CNCC(O)CO)[C@@H](O)[C@H](O)[C@H]3O)[C@@H](N)C[C@H]2NC(=O)C2(O)CC2N)OC[C@]1(C)O. The van der Waals surface area contributed by atoms with Gasteiger partial charge in [0.05, 0.1) is 31.4 Å². The van der Waals surface area contributed by atoms with Gasteiger partial charge >= 0.3 is 0 Å². The standard InChI is InChI=1S/C26H49N5O14/c1-25(40)8-42-22(18(38)21(25)29-2)45-20-11(31-24(39)26(41)4-13(26)28)3-10(27)19(17(20)37)44-23-16(36)15(35)14(34)12(43-23)6-30-5-9(33)7-32/h9-23,29-30,32-38,40-41H,3-8,27-28H2,1-2H3,(H,31,39)/t9?,10-,11+,12+,13?,14+,15-,16+,17-,18+,19+,20-,21+,22+,23+,25-,26?/m0/s1. The van der Waals surface area contributed by atoms with E-state index in [1.165, 1.54) is 14.0 Å². The van der Waals surface area contributed by atoms with Crippen LogP contribution in [0.3, 0.4) is 0 Å². The van der Waals surface area contributed by atoms with Crippen molar-refractivity contribution in [2.75, 3.05) is 33.4 Å². The molecule has 0 aromatic rings. The van der Waals surface area contributed by atoms with Crippen LogP contribution < -0.4 is 27.4 Å². The molecule has 4 rings (SSSR count). The first-order valence-corrected chi connectivity index (χ1v) is 15.0. The van der Waals surface area contributed by atoms with E-state index in [1.807, 2.05) is 0 Å². The highest BCUT2D eigenvalue weighted by Gasteiger charge is 2.59. The second-order valence-electron chi connectivity index (χ2n) is 12.7. The zero-order chi connectivity index (χ0) is 33.4. The van der Waals surface area contributed by atoms with E-state index in [-0.39, 0.29) is 32.5 Å². The lowest BCUT2D eigenvalue weighted by molar-refractivity contribution is -0.331. The predicted octanol–water partition coefficient (Wildman–Crippen LogP) is -8.40. The van der Waals surface area contributed by atoms with Crippen LogP contribution in [-0.4, -0.2) is 188 Å². The third kappa shape index (κ3) is 7.76. The number of aliphatic hydroxyl groups excluding tert-OH is 7. The summed E-state index contributed by atoms with van der Waals surface area (Å²) in [7, 11) is 1.52. The lowest BCUT2D eigenvalue weighted by Gasteiger charge is -2.49. The maximum absolute atomic E-state index is 12.9. The topological polar surface area (TPSA) is 324 Å². The molecule has 2 saturated heterocycles. The minimum atomic E-state index is -1.82. The number of hydrogen-bond donors (Lipinski definition) is 14. The molecule has 17 atom stereocenters. The van der Waals surface area contributed by atoms with Crippen molar-refractivity contribution in [1.29, 1.82) is 0 Å². The van der Waals surface area contributed by atoms with Gasteiger partial charge in [-0.3, -0.25) is 4.79 Å². The number of ether oxygens (including phenoxy) is 4. The number of nitrogens with one attached hydrogen (secondary N) is 3. The average molecular weight is 656 g/mol. The number of rotatable bonds is 12. The highest BCUT2D eigenvalue weighted by molar-refractivity contribution is 5.89. The Bertz CT molecular complexity index is 1000. The van der Waals surface area contributed by atoms with E-state index < -0.39 is 115 Å². The quantitative estimate of drug-likeness (QED) is 0.0928. The van der Waals surface area contributed by atoms with Crippen molar-refractivity contribution < 1.29 is 69.7 Å². The highest BCUT2D eigenvalue weighted by Crippen LogP contribution is 2.36. The number of amides is 1. The summed E-state index contributed by atoms with van der Waals surface area (Å²) in [5, 5.41) is 102. The number of nitrogens with two attached hydrogens (primary N) is 2. The van der Waals surface area contributed by atoms with Crippen LogP contribution in [0.4, 0.5) is 0 Å². The van der Waals surface area contributed by atoms with Gasteiger partial charge in [-0.15, -0.1) is 0 Å². The summed E-state index contributed by atoms with van der Waals surface area (Å²) >= 11 is 0. The Morgan fingerprint density at radius 1 is 1.00 bits per heavy atom. The third-order valence-corrected chi connectivity index (χ3v) is 9.04. The highest BCUT2D eigenvalue weighted by atomic mass is 16.7. The molecule has 0 bridgehead atoms. The summed E-state index contributed by atoms with van der Waals surface area (Å²) in [5.41, 5.74) is 8.78. The Morgan fingerprint density at radius 3 is 2.24 bits per heavy atom. The summed E-state index contributed by atoms with van der Waals surface area (Å²) in [4.78, 5) is 12.9. The molecule has 2 aliphatic carbocycles. The van der Waals surface area contributed by atoms with Gasteiger partial charge in [0.25, 0.3) is 5.91 Å². The molecule has 262 valence electrons. The molecule has 1 amide bonds. The Morgan fingerprint density at radius 2 is 1.64 bits per heavy atom. The number of carbonyl (C=O) groups excluding carboxylic acids is 1. The third-order valence-electron chi connectivity index (χ3n) is 9.04. The molecule has 0 aromatic carbocycles. The predicted molar refractivity (Wildman–Crippen MR) is 150 cm³/mol. The molecule has 4 fully saturated rings. The van der Waals surface area contributed by atoms with E-state index >= 15 is 0 Å². The monoisotopic (exact) mass is 655 g/mol. The van der Waals surface area contributed by atoms with Crippen molar-refractivity contribution >= 4 is 5.91 Å². The van der Waals surface area contributed by atoms with Crippen molar-refractivity contribution in [3.05, 3.63) is 0 Å². The molecular formula is C26H49N5O14. The van der Waals surface area contributed by atoms with E-state index in [0.29, 0.717) is 0 Å². The van der Waals surface area contributed by atoms with Crippen LogP contribution in [0.1, 0.15) is 19.8 Å². The van der Waals surface area contributed by atoms with Gasteiger partial charge in [-0.05, 0) is 20.4 Å². The molecule has 16 N–H and O–H groups in total. The molecule has 2 aliphatic heterocycles. The second-order valence-corrected chi connectivity index (χ2v) is 12.7. The van der Waals surface area contributed by atoms with Gasteiger partial charge in [0.2, 0.25) is 0 Å². The van der Waals surface area contributed by atoms with Gasteiger partial charge in [0.1, 0.15) is 54.4 Å². The van der Waals surface area contributed by atoms with Gasteiger partial charge < -0.3 is 92.3 Å². The van der Waals surface area contributed by atoms with Crippen LogP contribution in [0.25, 0.3) is 0 Å². The molecular weight excluding hydrogens is 606 g/mol. The second kappa shape index (κ2) is 14.5. The van der Waals surface area contributed by atoms with Crippen molar-refractivity contribution in [2.24, 2.45) is 11.5 Å². The molecule has 2 heterocycles. The summed E-state index contributed by atoms with van der Waals surface area (Å²) in [6.07, 6.45) is -16.4. The molecule has 2 saturated carbocycles. The van der Waals surface area contributed by atoms with Crippen LogP contribution in [-0.2, 0) is 23.7 Å². The summed E-state index contributed by atoms with van der Waals surface area (Å²) in [6, 6.07) is -3.82. The van der Waals surface area contributed by atoms with E-state index in [1.54, 1.807) is 0 Å². The fourth-order valence-electron chi connectivity index (χ4n) is 6.10. The first kappa shape index (κ1) is 36.6. The van der Waals surface area contributed by atoms with Crippen molar-refractivity contribution in [2.45, 2.75) is 123 Å². The lowest BCUT2D eigenvalue weighted by Crippen LogP contribution is -2.70. The van der Waals surface area contributed by atoms with Crippen LogP contribution in [0.15, 0.2) is 0 Å². The molecule has 4 aliphatic rings. The number of aliphatic hydroxyl groups is 9. The summed E-state index contributed by atoms with van der Waals surface area (Å²) in [5.74, 6) is -0.821. The zero-order valence-electron chi connectivity index (χ0n) is 25.1. The van der Waals surface area contributed by atoms with E-state index in [0.717, 1.165) is 0 Å². The van der Waals surface area contributed by atoms with Gasteiger partial charge in [-0.25, -0.2) is 0 Å². The molecule has 0 radical (unpaired) electrons. The minimum Gasteiger partial charge on any atom is -0.394 e. The van der Waals surface area contributed by atoms with E-state index in [4.69, 9.17) is 35.5 Å². The Balaban J connectivity index is 1.52. The Hall–Kier alpha value is -1.21. The molecule has 3 unspecified atom stereocenters. The van der Waals surface area contributed by atoms with E-state index in [9.17, 15) is 45.6 Å².